The smallest absolute Gasteiger partial charge is 0.485 e. The van der Waals surface area contributed by atoms with Crippen LogP contribution in [0.3, 0.4) is 0 Å². The van der Waals surface area contributed by atoms with E-state index in [2.05, 4.69) is 22.7 Å². The largest absolute Gasteiger partial charge is 0.741 e. The predicted molar refractivity (Wildman–Crippen MR) is 86.1 cm³/mol. The number of hydrogen-bond acceptors (Lipinski definition) is 4. The van der Waals surface area contributed by atoms with Crippen molar-refractivity contribution in [3.05, 3.63) is 60.2 Å². The molecule has 5 nitrogen and oxygen atoms in total. The van der Waals surface area contributed by atoms with Gasteiger partial charge in [0.25, 0.3) is 0 Å². The van der Waals surface area contributed by atoms with Crippen molar-refractivity contribution >= 4 is 10.1 Å². The summed E-state index contributed by atoms with van der Waals surface area (Å²) >= 11 is 0. The Bertz CT molecular complexity index is 925. The summed E-state index contributed by atoms with van der Waals surface area (Å²) in [5.74, 6) is 9.52. The normalized spacial score (nSPS) is 10.6. The van der Waals surface area contributed by atoms with Gasteiger partial charge in [0.2, 0.25) is 0 Å². The van der Waals surface area contributed by atoms with Crippen LogP contribution >= 0.6 is 0 Å². The van der Waals surface area contributed by atoms with Crippen LogP contribution in [0.5, 0.6) is 0 Å². The average Bonchev–Trinajstić information content (AvgIpc) is 2.58. The van der Waals surface area contributed by atoms with Crippen LogP contribution < -0.4 is 4.57 Å². The third-order valence-electron chi connectivity index (χ3n) is 2.69. The summed E-state index contributed by atoms with van der Waals surface area (Å²) in [6.45, 7) is 0.739. The molecule has 0 amide bonds. The highest BCUT2D eigenvalue weighted by atomic mass is 32.2. The number of aromatic nitrogens is 2. The summed E-state index contributed by atoms with van der Waals surface area (Å²) < 4.78 is 60.9. The Morgan fingerprint density at radius 1 is 1.15 bits per heavy atom. The first-order chi connectivity index (χ1) is 12.1. The second kappa shape index (κ2) is 9.56. The first kappa shape index (κ1) is 21.2. The molecule has 0 bridgehead atoms. The van der Waals surface area contributed by atoms with Crippen molar-refractivity contribution in [2.45, 2.75) is 18.5 Å². The summed E-state index contributed by atoms with van der Waals surface area (Å²) in [6.07, 6.45) is 9.63. The van der Waals surface area contributed by atoms with Crippen molar-refractivity contribution in [1.82, 2.24) is 4.98 Å². The van der Waals surface area contributed by atoms with Gasteiger partial charge in [-0.15, -0.1) is 12.3 Å². The zero-order chi connectivity index (χ0) is 19.6. The van der Waals surface area contributed by atoms with Gasteiger partial charge >= 0.3 is 11.3 Å². The van der Waals surface area contributed by atoms with Crippen molar-refractivity contribution in [3.8, 4) is 24.2 Å². The van der Waals surface area contributed by atoms with Gasteiger partial charge in [0.1, 0.15) is 12.7 Å². The SMILES string of the molecule is C#CCC[n+]1cccnc1C#Cc1ccccc1.O=S(=O)([O-])C(F)(F)F. The third kappa shape index (κ3) is 7.34. The Kier molecular flexibility index (Phi) is 7.78. The second-order valence-corrected chi connectivity index (χ2v) is 5.98. The molecule has 1 aromatic carbocycles. The molecule has 1 heterocycles. The van der Waals surface area contributed by atoms with E-state index in [1.54, 1.807) is 6.20 Å². The van der Waals surface area contributed by atoms with Gasteiger partial charge in [-0.05, 0) is 17.1 Å². The quantitative estimate of drug-likeness (QED) is 0.344. The molecule has 0 radical (unpaired) electrons. The Morgan fingerprint density at radius 2 is 1.77 bits per heavy atom. The minimum atomic E-state index is -6.09. The average molecular weight is 382 g/mol. The fourth-order valence-corrected chi connectivity index (χ4v) is 1.52. The molecule has 26 heavy (non-hydrogen) atoms. The molecular weight excluding hydrogens is 369 g/mol. The van der Waals surface area contributed by atoms with Gasteiger partial charge in [-0.1, -0.05) is 24.1 Å². The number of rotatable bonds is 2. The van der Waals surface area contributed by atoms with Crippen molar-refractivity contribution in [1.29, 1.82) is 0 Å². The number of benzene rings is 1. The zero-order valence-corrected chi connectivity index (χ0v) is 14.1. The summed E-state index contributed by atoms with van der Waals surface area (Å²) in [5.41, 5.74) is -4.67. The molecule has 0 saturated carbocycles. The highest BCUT2D eigenvalue weighted by Crippen LogP contribution is 2.20. The molecule has 0 aliphatic rings. The minimum absolute atomic E-state index is 0.677. The molecule has 0 aliphatic heterocycles. The third-order valence-corrected chi connectivity index (χ3v) is 3.26. The summed E-state index contributed by atoms with van der Waals surface area (Å²) in [6, 6.07) is 11.7. The fourth-order valence-electron chi connectivity index (χ4n) is 1.52. The summed E-state index contributed by atoms with van der Waals surface area (Å²) in [5, 5.41) is 0. The summed E-state index contributed by atoms with van der Waals surface area (Å²) in [7, 11) is -6.09. The molecule has 9 heteroatoms. The maximum atomic E-state index is 10.7. The molecule has 0 saturated heterocycles. The van der Waals surface area contributed by atoms with Crippen molar-refractivity contribution < 1.29 is 30.7 Å². The van der Waals surface area contributed by atoms with E-state index in [4.69, 9.17) is 19.4 Å². The molecule has 0 spiro atoms. The van der Waals surface area contributed by atoms with Crippen LogP contribution in [0.4, 0.5) is 13.2 Å². The lowest BCUT2D eigenvalue weighted by Gasteiger charge is -2.08. The Hall–Kier alpha value is -2.88. The number of nitrogens with zero attached hydrogens (tertiary/aromatic N) is 2. The highest BCUT2D eigenvalue weighted by Gasteiger charge is 2.36. The molecule has 0 atom stereocenters. The van der Waals surface area contributed by atoms with Crippen LogP contribution in [0.2, 0.25) is 0 Å². The summed E-state index contributed by atoms with van der Waals surface area (Å²) in [4.78, 5) is 4.27. The van der Waals surface area contributed by atoms with Crippen LogP contribution in [0.25, 0.3) is 0 Å². The molecule has 0 aliphatic carbocycles. The minimum Gasteiger partial charge on any atom is -0.741 e. The van der Waals surface area contributed by atoms with Gasteiger partial charge < -0.3 is 4.55 Å². The Morgan fingerprint density at radius 3 is 2.31 bits per heavy atom. The lowest BCUT2D eigenvalue weighted by Crippen LogP contribution is -2.37. The highest BCUT2D eigenvalue weighted by molar-refractivity contribution is 7.86. The van der Waals surface area contributed by atoms with Crippen molar-refractivity contribution in [3.63, 3.8) is 0 Å². The van der Waals surface area contributed by atoms with E-state index in [9.17, 15) is 13.2 Å². The number of halogens is 3. The molecule has 0 N–H and O–H groups in total. The monoisotopic (exact) mass is 382 g/mol. The standard InChI is InChI=1S/C16H13N2.CHF3O3S/c1-2-3-13-18-14-7-12-17-16(18)11-10-15-8-5-4-6-9-15;2-1(3,4)8(5,6)7/h1,4-9,12,14H,3,13H2;(H,5,6,7)/q+1;/p-1. The number of aryl methyl sites for hydroxylation is 1. The van der Waals surface area contributed by atoms with E-state index in [-0.39, 0.29) is 0 Å². The van der Waals surface area contributed by atoms with Gasteiger partial charge in [-0.2, -0.15) is 13.2 Å². The van der Waals surface area contributed by atoms with Gasteiger partial charge in [0.15, 0.2) is 10.1 Å². The molecular formula is C17H13F3N2O3S. The van der Waals surface area contributed by atoms with E-state index in [0.29, 0.717) is 6.42 Å². The van der Waals surface area contributed by atoms with Crippen LogP contribution in [-0.2, 0) is 16.7 Å². The fraction of sp³-hybridized carbons (Fsp3) is 0.176. The van der Waals surface area contributed by atoms with Crippen molar-refractivity contribution in [2.75, 3.05) is 0 Å². The topological polar surface area (TPSA) is 74.0 Å². The van der Waals surface area contributed by atoms with Gasteiger partial charge in [-0.25, -0.2) is 13.0 Å². The van der Waals surface area contributed by atoms with Gasteiger partial charge in [0.05, 0.1) is 6.20 Å². The number of alkyl halides is 3. The molecule has 136 valence electrons. The molecule has 0 fully saturated rings. The van der Waals surface area contributed by atoms with E-state index in [1.807, 2.05) is 47.2 Å². The second-order valence-electron chi connectivity index (χ2n) is 4.61. The maximum Gasteiger partial charge on any atom is 0.485 e. The molecule has 2 aromatic rings. The molecule has 1 aromatic heterocycles. The number of terminal acetylenes is 1. The lowest BCUT2D eigenvalue weighted by atomic mass is 10.2. The van der Waals surface area contributed by atoms with E-state index < -0.39 is 15.6 Å². The van der Waals surface area contributed by atoms with E-state index >= 15 is 0 Å². The predicted octanol–water partition coefficient (Wildman–Crippen LogP) is 1.84. The first-order valence-electron chi connectivity index (χ1n) is 7.02. The Labute approximate surface area is 149 Å². The first-order valence-corrected chi connectivity index (χ1v) is 8.43. The van der Waals surface area contributed by atoms with E-state index in [0.717, 1.165) is 17.9 Å². The Balaban J connectivity index is 0.000000359. The van der Waals surface area contributed by atoms with E-state index in [1.165, 1.54) is 0 Å². The van der Waals surface area contributed by atoms with Gasteiger partial charge in [0, 0.05) is 24.0 Å². The zero-order valence-electron chi connectivity index (χ0n) is 13.3. The molecule has 0 unspecified atom stereocenters. The van der Waals surface area contributed by atoms with Crippen LogP contribution in [-0.4, -0.2) is 23.5 Å². The number of hydrogen-bond donors (Lipinski definition) is 0. The lowest BCUT2D eigenvalue weighted by molar-refractivity contribution is -0.701. The van der Waals surface area contributed by atoms with Crippen molar-refractivity contribution in [2.24, 2.45) is 0 Å². The van der Waals surface area contributed by atoms with Crippen LogP contribution in [0.1, 0.15) is 17.8 Å². The van der Waals surface area contributed by atoms with Crippen LogP contribution in [0.15, 0.2) is 48.8 Å². The van der Waals surface area contributed by atoms with Gasteiger partial charge in [-0.3, -0.25) is 0 Å². The van der Waals surface area contributed by atoms with Crippen LogP contribution in [0, 0.1) is 24.2 Å². The molecule has 2 rings (SSSR count). The maximum absolute atomic E-state index is 10.7.